The zero-order chi connectivity index (χ0) is 12.0. The molecular weight excluding hydrogens is 204 g/mol. The second kappa shape index (κ2) is 5.82. The van der Waals surface area contributed by atoms with E-state index in [0.717, 1.165) is 5.56 Å². The van der Waals surface area contributed by atoms with Crippen molar-refractivity contribution in [1.29, 1.82) is 0 Å². The first kappa shape index (κ1) is 12.1. The molecule has 0 atom stereocenters. The van der Waals surface area contributed by atoms with Gasteiger partial charge in [-0.25, -0.2) is 0 Å². The van der Waals surface area contributed by atoms with E-state index in [9.17, 15) is 9.90 Å². The normalized spacial score (nSPS) is 9.12. The van der Waals surface area contributed by atoms with Gasteiger partial charge in [0.15, 0.2) is 0 Å². The molecule has 84 valence electrons. The van der Waals surface area contributed by atoms with Crippen molar-refractivity contribution in [3.8, 4) is 17.6 Å². The number of hydrogen-bond acceptors (Lipinski definition) is 3. The molecule has 1 rings (SSSR count). The van der Waals surface area contributed by atoms with E-state index in [1.54, 1.807) is 19.1 Å². The second-order valence-electron chi connectivity index (χ2n) is 3.30. The minimum atomic E-state index is -0.346. The first-order valence-corrected chi connectivity index (χ1v) is 5.07. The van der Waals surface area contributed by atoms with Crippen LogP contribution in [0.1, 0.15) is 24.5 Å². The Morgan fingerprint density at radius 3 is 2.88 bits per heavy atom. The predicted molar refractivity (Wildman–Crippen MR) is 61.0 cm³/mol. The molecule has 0 spiro atoms. The van der Waals surface area contributed by atoms with Gasteiger partial charge in [-0.1, -0.05) is 17.9 Å². The highest BCUT2D eigenvalue weighted by Gasteiger charge is 1.98. The summed E-state index contributed by atoms with van der Waals surface area (Å²) in [7, 11) is 0. The molecule has 0 saturated carbocycles. The van der Waals surface area contributed by atoms with Gasteiger partial charge < -0.3 is 9.84 Å². The number of phenolic OH excluding ortho intramolecular Hbond substituents is 1. The van der Waals surface area contributed by atoms with Gasteiger partial charge in [-0.2, -0.15) is 0 Å². The van der Waals surface area contributed by atoms with Crippen LogP contribution >= 0.6 is 0 Å². The summed E-state index contributed by atoms with van der Waals surface area (Å²) < 4.78 is 4.73. The molecule has 0 aliphatic rings. The van der Waals surface area contributed by atoms with E-state index in [0.29, 0.717) is 12.2 Å². The topological polar surface area (TPSA) is 46.5 Å². The lowest BCUT2D eigenvalue weighted by Crippen LogP contribution is -2.01. The number of aryl methyl sites for hydroxylation is 1. The van der Waals surface area contributed by atoms with Gasteiger partial charge in [-0.15, -0.1) is 0 Å². The van der Waals surface area contributed by atoms with Crippen LogP contribution in [0.15, 0.2) is 18.2 Å². The van der Waals surface area contributed by atoms with E-state index >= 15 is 0 Å². The van der Waals surface area contributed by atoms with Gasteiger partial charge in [0, 0.05) is 0 Å². The Balaban J connectivity index is 2.66. The summed E-state index contributed by atoms with van der Waals surface area (Å²) in [5.74, 6) is 5.18. The number of benzene rings is 1. The minimum absolute atomic E-state index is 0.0428. The zero-order valence-corrected chi connectivity index (χ0v) is 9.41. The summed E-state index contributed by atoms with van der Waals surface area (Å²) in [4.78, 5) is 11.0. The smallest absolute Gasteiger partial charge is 0.317 e. The molecule has 0 aromatic heterocycles. The lowest BCUT2D eigenvalue weighted by Gasteiger charge is -1.98. The van der Waals surface area contributed by atoms with Gasteiger partial charge in [0.05, 0.1) is 12.2 Å². The Kier molecular flexibility index (Phi) is 4.41. The first-order valence-electron chi connectivity index (χ1n) is 5.07. The minimum Gasteiger partial charge on any atom is -0.507 e. The van der Waals surface area contributed by atoms with E-state index in [-0.39, 0.29) is 18.1 Å². The Morgan fingerprint density at radius 2 is 2.25 bits per heavy atom. The molecule has 0 amide bonds. The molecule has 0 unspecified atom stereocenters. The van der Waals surface area contributed by atoms with E-state index in [1.807, 2.05) is 13.0 Å². The highest BCUT2D eigenvalue weighted by atomic mass is 16.5. The summed E-state index contributed by atoms with van der Waals surface area (Å²) in [5.41, 5.74) is 1.49. The number of rotatable bonds is 2. The average Bonchev–Trinajstić information content (AvgIpc) is 2.22. The number of ether oxygens (including phenoxy) is 1. The largest absolute Gasteiger partial charge is 0.507 e. The number of hydrogen-bond donors (Lipinski definition) is 1. The van der Waals surface area contributed by atoms with Crippen LogP contribution in [0, 0.1) is 18.8 Å². The third-order valence-electron chi connectivity index (χ3n) is 1.91. The molecular formula is C13H14O3. The fraction of sp³-hybridized carbons (Fsp3) is 0.308. The SMILES string of the molecule is CCOC(=O)CC#Cc1ccc(C)cc1O. The predicted octanol–water partition coefficient (Wildman–Crippen LogP) is 2.01. The van der Waals surface area contributed by atoms with Crippen LogP contribution in [0.2, 0.25) is 0 Å². The van der Waals surface area contributed by atoms with Gasteiger partial charge in [0.1, 0.15) is 12.2 Å². The lowest BCUT2D eigenvalue weighted by atomic mass is 10.1. The van der Waals surface area contributed by atoms with Crippen LogP contribution in [-0.2, 0) is 9.53 Å². The quantitative estimate of drug-likeness (QED) is 0.610. The third-order valence-corrected chi connectivity index (χ3v) is 1.91. The molecule has 3 heteroatoms. The van der Waals surface area contributed by atoms with Crippen molar-refractivity contribution in [1.82, 2.24) is 0 Å². The Bertz CT molecular complexity index is 438. The molecule has 0 aliphatic heterocycles. The number of carbonyl (C=O) groups is 1. The van der Waals surface area contributed by atoms with Gasteiger partial charge >= 0.3 is 5.97 Å². The maximum Gasteiger partial charge on any atom is 0.317 e. The third kappa shape index (κ3) is 3.66. The number of esters is 1. The van der Waals surface area contributed by atoms with Crippen molar-refractivity contribution in [2.45, 2.75) is 20.3 Å². The standard InChI is InChI=1S/C13H14O3/c1-3-16-13(15)6-4-5-11-8-7-10(2)9-12(11)14/h7-9,14H,3,6H2,1-2H3. The maximum atomic E-state index is 11.0. The van der Waals surface area contributed by atoms with Crippen LogP contribution in [-0.4, -0.2) is 17.7 Å². The Labute approximate surface area is 95.1 Å². The van der Waals surface area contributed by atoms with Gasteiger partial charge in [0.2, 0.25) is 0 Å². The fourth-order valence-electron chi connectivity index (χ4n) is 1.17. The number of aromatic hydroxyl groups is 1. The average molecular weight is 218 g/mol. The summed E-state index contributed by atoms with van der Waals surface area (Å²) in [5, 5.41) is 9.54. The van der Waals surface area contributed by atoms with Gasteiger partial charge in [-0.05, 0) is 31.5 Å². The van der Waals surface area contributed by atoms with E-state index in [1.165, 1.54) is 0 Å². The summed E-state index contributed by atoms with van der Waals surface area (Å²) in [6.07, 6.45) is 0.0428. The molecule has 0 heterocycles. The van der Waals surface area contributed by atoms with Crippen molar-refractivity contribution in [2.75, 3.05) is 6.61 Å². The molecule has 3 nitrogen and oxygen atoms in total. The molecule has 0 aliphatic carbocycles. The van der Waals surface area contributed by atoms with Crippen molar-refractivity contribution in [3.05, 3.63) is 29.3 Å². The molecule has 16 heavy (non-hydrogen) atoms. The van der Waals surface area contributed by atoms with Crippen LogP contribution < -0.4 is 0 Å². The molecule has 1 aromatic carbocycles. The van der Waals surface area contributed by atoms with Crippen LogP contribution in [0.4, 0.5) is 0 Å². The van der Waals surface area contributed by atoms with Crippen molar-refractivity contribution in [3.63, 3.8) is 0 Å². The van der Waals surface area contributed by atoms with E-state index in [2.05, 4.69) is 11.8 Å². The summed E-state index contributed by atoms with van der Waals surface area (Å²) >= 11 is 0. The van der Waals surface area contributed by atoms with E-state index in [4.69, 9.17) is 4.74 Å². The molecule has 1 aromatic rings. The number of carbonyl (C=O) groups excluding carboxylic acids is 1. The molecule has 0 saturated heterocycles. The summed E-state index contributed by atoms with van der Waals surface area (Å²) in [6, 6.07) is 5.21. The maximum absolute atomic E-state index is 11.0. The van der Waals surface area contributed by atoms with Crippen LogP contribution in [0.25, 0.3) is 0 Å². The van der Waals surface area contributed by atoms with E-state index < -0.39 is 0 Å². The molecule has 0 bridgehead atoms. The highest BCUT2D eigenvalue weighted by molar-refractivity contribution is 5.72. The summed E-state index contributed by atoms with van der Waals surface area (Å²) in [6.45, 7) is 3.99. The molecule has 1 N–H and O–H groups in total. The first-order chi connectivity index (χ1) is 7.63. The van der Waals surface area contributed by atoms with Crippen molar-refractivity contribution < 1.29 is 14.6 Å². The van der Waals surface area contributed by atoms with Gasteiger partial charge in [0.25, 0.3) is 0 Å². The van der Waals surface area contributed by atoms with Crippen molar-refractivity contribution >= 4 is 5.97 Å². The monoisotopic (exact) mass is 218 g/mol. The molecule has 0 fully saturated rings. The highest BCUT2D eigenvalue weighted by Crippen LogP contribution is 2.16. The lowest BCUT2D eigenvalue weighted by molar-refractivity contribution is -0.141. The molecule has 0 radical (unpaired) electrons. The van der Waals surface area contributed by atoms with Crippen LogP contribution in [0.5, 0.6) is 5.75 Å². The second-order valence-corrected chi connectivity index (χ2v) is 3.30. The van der Waals surface area contributed by atoms with Gasteiger partial charge in [-0.3, -0.25) is 4.79 Å². The Morgan fingerprint density at radius 1 is 1.50 bits per heavy atom. The fourth-order valence-corrected chi connectivity index (χ4v) is 1.17. The van der Waals surface area contributed by atoms with Crippen LogP contribution in [0.3, 0.4) is 0 Å². The van der Waals surface area contributed by atoms with Crippen molar-refractivity contribution in [2.24, 2.45) is 0 Å². The Hall–Kier alpha value is -1.95. The zero-order valence-electron chi connectivity index (χ0n) is 9.41. The number of phenols is 1.